The van der Waals surface area contributed by atoms with Gasteiger partial charge in [-0.25, -0.2) is 14.8 Å². The molecule has 23 heavy (non-hydrogen) atoms. The van der Waals surface area contributed by atoms with E-state index in [2.05, 4.69) is 15.0 Å². The van der Waals surface area contributed by atoms with E-state index in [1.165, 1.54) is 18.9 Å². The molecule has 0 bridgehead atoms. The van der Waals surface area contributed by atoms with Gasteiger partial charge in [0.2, 0.25) is 5.28 Å². The molecule has 0 aromatic carbocycles. The number of ether oxygens (including phenoxy) is 2. The van der Waals surface area contributed by atoms with E-state index in [0.717, 1.165) is 4.90 Å². The molecule has 7 nitrogen and oxygen atoms in total. The highest BCUT2D eigenvalue weighted by atomic mass is 35.5. The Kier molecular flexibility index (Phi) is 4.84. The van der Waals surface area contributed by atoms with Gasteiger partial charge in [-0.1, -0.05) is 0 Å². The zero-order valence-corrected chi connectivity index (χ0v) is 14.3. The molecule has 3 heterocycles. The van der Waals surface area contributed by atoms with Crippen molar-refractivity contribution >= 4 is 46.2 Å². The molecule has 0 N–H and O–H groups in total. The van der Waals surface area contributed by atoms with E-state index in [4.69, 9.17) is 21.1 Å². The van der Waals surface area contributed by atoms with Gasteiger partial charge in [0, 0.05) is 18.0 Å². The first-order valence-corrected chi connectivity index (χ1v) is 8.57. The maximum Gasteiger partial charge on any atom is 0.356 e. The van der Waals surface area contributed by atoms with Crippen molar-refractivity contribution in [3.8, 4) is 0 Å². The maximum atomic E-state index is 11.9. The highest BCUT2D eigenvalue weighted by molar-refractivity contribution is 7.98. The summed E-state index contributed by atoms with van der Waals surface area (Å²) in [6, 6.07) is 1.66. The van der Waals surface area contributed by atoms with E-state index in [1.807, 2.05) is 11.2 Å². The number of esters is 1. The van der Waals surface area contributed by atoms with Crippen molar-refractivity contribution in [2.24, 2.45) is 0 Å². The van der Waals surface area contributed by atoms with Gasteiger partial charge in [0.1, 0.15) is 16.7 Å². The number of fused-ring (bicyclic) bond motifs is 1. The molecule has 0 atom stereocenters. The highest BCUT2D eigenvalue weighted by Crippen LogP contribution is 2.31. The SMILES string of the molecule is COC(=O)c1cc(SC)c2nc(Cl)nc(N3CCOCC3)c2n1. The summed E-state index contributed by atoms with van der Waals surface area (Å²) in [5, 5.41) is 0.155. The van der Waals surface area contributed by atoms with Crippen LogP contribution in [-0.4, -0.2) is 60.6 Å². The molecule has 122 valence electrons. The van der Waals surface area contributed by atoms with Gasteiger partial charge in [-0.15, -0.1) is 11.8 Å². The lowest BCUT2D eigenvalue weighted by Gasteiger charge is -2.28. The number of pyridine rings is 1. The number of thioether (sulfide) groups is 1. The summed E-state index contributed by atoms with van der Waals surface area (Å²) in [5.74, 6) is 0.120. The number of morpholine rings is 1. The van der Waals surface area contributed by atoms with Crippen molar-refractivity contribution in [1.82, 2.24) is 15.0 Å². The first-order valence-electron chi connectivity index (χ1n) is 6.97. The minimum absolute atomic E-state index is 0.155. The number of rotatable bonds is 3. The van der Waals surface area contributed by atoms with Crippen LogP contribution in [0, 0.1) is 0 Å². The zero-order chi connectivity index (χ0) is 16.4. The van der Waals surface area contributed by atoms with Crippen molar-refractivity contribution < 1.29 is 14.3 Å². The average Bonchev–Trinajstić information content (AvgIpc) is 2.60. The van der Waals surface area contributed by atoms with E-state index >= 15 is 0 Å². The molecule has 0 unspecified atom stereocenters. The van der Waals surface area contributed by atoms with E-state index in [0.29, 0.717) is 43.2 Å². The molecule has 0 saturated carbocycles. The van der Waals surface area contributed by atoms with Gasteiger partial charge < -0.3 is 14.4 Å². The Balaban J connectivity index is 2.23. The maximum absolute atomic E-state index is 11.9. The molecule has 0 aliphatic carbocycles. The number of hydrogen-bond donors (Lipinski definition) is 0. The molecule has 2 aromatic rings. The van der Waals surface area contributed by atoms with Crippen LogP contribution in [0.25, 0.3) is 11.0 Å². The fourth-order valence-electron chi connectivity index (χ4n) is 2.40. The van der Waals surface area contributed by atoms with Gasteiger partial charge in [0.15, 0.2) is 5.82 Å². The van der Waals surface area contributed by atoms with Gasteiger partial charge in [0.05, 0.1) is 20.3 Å². The summed E-state index contributed by atoms with van der Waals surface area (Å²) in [4.78, 5) is 27.8. The first kappa shape index (κ1) is 16.2. The molecule has 1 fully saturated rings. The van der Waals surface area contributed by atoms with Crippen LogP contribution in [0.1, 0.15) is 10.5 Å². The molecule has 1 saturated heterocycles. The van der Waals surface area contributed by atoms with Gasteiger partial charge in [0.25, 0.3) is 0 Å². The van der Waals surface area contributed by atoms with Crippen molar-refractivity contribution in [1.29, 1.82) is 0 Å². The lowest BCUT2D eigenvalue weighted by atomic mass is 10.2. The monoisotopic (exact) mass is 354 g/mol. The Morgan fingerprint density at radius 1 is 1.30 bits per heavy atom. The van der Waals surface area contributed by atoms with Gasteiger partial charge in [-0.3, -0.25) is 0 Å². The predicted octanol–water partition coefficient (Wildman–Crippen LogP) is 2.02. The third-order valence-corrected chi connectivity index (χ3v) is 4.42. The van der Waals surface area contributed by atoms with Crippen LogP contribution < -0.4 is 4.90 Å². The Morgan fingerprint density at radius 2 is 2.04 bits per heavy atom. The van der Waals surface area contributed by atoms with E-state index in [9.17, 15) is 4.79 Å². The van der Waals surface area contributed by atoms with Crippen molar-refractivity contribution in [2.45, 2.75) is 4.90 Å². The van der Waals surface area contributed by atoms with Crippen LogP contribution in [0.5, 0.6) is 0 Å². The highest BCUT2D eigenvalue weighted by Gasteiger charge is 2.22. The van der Waals surface area contributed by atoms with Crippen molar-refractivity contribution in [3.63, 3.8) is 0 Å². The first-order chi connectivity index (χ1) is 11.1. The zero-order valence-electron chi connectivity index (χ0n) is 12.7. The Morgan fingerprint density at radius 3 is 2.70 bits per heavy atom. The lowest BCUT2D eigenvalue weighted by molar-refractivity contribution is 0.0594. The summed E-state index contributed by atoms with van der Waals surface area (Å²) < 4.78 is 10.2. The summed E-state index contributed by atoms with van der Waals surface area (Å²) in [7, 11) is 1.33. The number of aromatic nitrogens is 3. The smallest absolute Gasteiger partial charge is 0.356 e. The van der Waals surface area contributed by atoms with E-state index in [-0.39, 0.29) is 11.0 Å². The predicted molar refractivity (Wildman–Crippen MR) is 88.5 cm³/mol. The number of halogens is 1. The number of carbonyl (C=O) groups is 1. The van der Waals surface area contributed by atoms with Crippen molar-refractivity contribution in [3.05, 3.63) is 17.0 Å². The topological polar surface area (TPSA) is 77.4 Å². The summed E-state index contributed by atoms with van der Waals surface area (Å²) in [6.07, 6.45) is 1.90. The van der Waals surface area contributed by atoms with Crippen LogP contribution in [0.3, 0.4) is 0 Å². The molecule has 3 rings (SSSR count). The summed E-state index contributed by atoms with van der Waals surface area (Å²) in [6.45, 7) is 2.58. The van der Waals surface area contributed by atoms with E-state index < -0.39 is 5.97 Å². The van der Waals surface area contributed by atoms with Gasteiger partial charge >= 0.3 is 5.97 Å². The quantitative estimate of drug-likeness (QED) is 0.470. The fraction of sp³-hybridized carbons (Fsp3) is 0.429. The second kappa shape index (κ2) is 6.86. The fourth-order valence-corrected chi connectivity index (χ4v) is 3.13. The molecular formula is C14H15ClN4O3S. The normalized spacial score (nSPS) is 15.0. The minimum atomic E-state index is -0.495. The van der Waals surface area contributed by atoms with Crippen LogP contribution in [0.4, 0.5) is 5.82 Å². The Bertz CT molecular complexity index is 752. The average molecular weight is 355 g/mol. The van der Waals surface area contributed by atoms with Crippen LogP contribution in [0.15, 0.2) is 11.0 Å². The summed E-state index contributed by atoms with van der Waals surface area (Å²) >= 11 is 7.56. The Hall–Kier alpha value is -1.64. The molecule has 0 spiro atoms. The lowest BCUT2D eigenvalue weighted by Crippen LogP contribution is -2.37. The second-order valence-corrected chi connectivity index (χ2v) is 6.00. The number of carbonyl (C=O) groups excluding carboxylic acids is 1. The van der Waals surface area contributed by atoms with Crippen LogP contribution in [-0.2, 0) is 9.47 Å². The third-order valence-electron chi connectivity index (χ3n) is 3.50. The minimum Gasteiger partial charge on any atom is -0.464 e. The summed E-state index contributed by atoms with van der Waals surface area (Å²) in [5.41, 5.74) is 1.40. The molecule has 9 heteroatoms. The van der Waals surface area contributed by atoms with Crippen LogP contribution >= 0.6 is 23.4 Å². The molecule has 0 amide bonds. The second-order valence-electron chi connectivity index (χ2n) is 4.81. The third kappa shape index (κ3) is 3.19. The van der Waals surface area contributed by atoms with Gasteiger partial charge in [-0.05, 0) is 23.9 Å². The molecule has 2 aromatic heterocycles. The number of nitrogens with zero attached hydrogens (tertiary/aromatic N) is 4. The number of methoxy groups -OCH3 is 1. The van der Waals surface area contributed by atoms with Crippen molar-refractivity contribution in [2.75, 3.05) is 44.6 Å². The molecule has 1 aliphatic heterocycles. The standard InChI is InChI=1S/C14H15ClN4O3S/c1-21-13(20)8-7-9(23-2)10-11(16-8)12(18-14(15)17-10)19-3-5-22-6-4-19/h7H,3-6H2,1-2H3. The van der Waals surface area contributed by atoms with E-state index in [1.54, 1.807) is 6.07 Å². The molecular weight excluding hydrogens is 340 g/mol. The largest absolute Gasteiger partial charge is 0.464 e. The number of anilines is 1. The molecule has 0 radical (unpaired) electrons. The van der Waals surface area contributed by atoms with Crippen LogP contribution in [0.2, 0.25) is 5.28 Å². The Labute approximate surface area is 142 Å². The number of hydrogen-bond acceptors (Lipinski definition) is 8. The van der Waals surface area contributed by atoms with Gasteiger partial charge in [-0.2, -0.15) is 4.98 Å². The molecule has 1 aliphatic rings.